The Morgan fingerprint density at radius 3 is 2.39 bits per heavy atom. The van der Waals surface area contributed by atoms with Crippen LogP contribution in [-0.4, -0.2) is 28.9 Å². The van der Waals surface area contributed by atoms with Crippen LogP contribution in [0.2, 0.25) is 0 Å². The van der Waals surface area contributed by atoms with Crippen LogP contribution in [0.4, 0.5) is 15.9 Å². The normalized spacial score (nSPS) is 14.3. The number of carbonyl (C=O) groups is 3. The van der Waals surface area contributed by atoms with Crippen LogP contribution in [0.3, 0.4) is 0 Å². The lowest BCUT2D eigenvalue weighted by molar-refractivity contribution is -0.127. The number of aromatic nitrogens is 1. The van der Waals surface area contributed by atoms with Crippen LogP contribution in [0.15, 0.2) is 65.2 Å². The van der Waals surface area contributed by atoms with E-state index in [1.807, 2.05) is 6.07 Å². The van der Waals surface area contributed by atoms with Gasteiger partial charge in [-0.3, -0.25) is 19.3 Å². The molecule has 3 aromatic rings. The number of amides is 3. The smallest absolute Gasteiger partial charge is 0.248 e. The first-order valence-electron chi connectivity index (χ1n) is 12.1. The number of para-hydroxylation sites is 1. The SMILES string of the molecule is Cc1cc(NC(=O)CCC(=O)N(c2ccccc2)[C@@H](C(=O)NC2CCCC2)c2ccc(F)cc2)no1. The minimum Gasteiger partial charge on any atom is -0.360 e. The quantitative estimate of drug-likeness (QED) is 0.452. The molecule has 0 spiro atoms. The van der Waals surface area contributed by atoms with Crippen LogP contribution in [0, 0.1) is 12.7 Å². The molecule has 1 aromatic heterocycles. The minimum absolute atomic E-state index is 0.0323. The van der Waals surface area contributed by atoms with Gasteiger partial charge in [-0.05, 0) is 49.6 Å². The number of carbonyl (C=O) groups excluding carboxylic acids is 3. The standard InChI is InChI=1S/C27H29FN4O4/c1-18-17-23(31-36-18)30-24(33)15-16-25(34)32(22-9-3-2-4-10-22)26(19-11-13-20(28)14-12-19)27(35)29-21-7-5-6-8-21/h2-4,9-14,17,21,26H,5-8,15-16H2,1H3,(H,29,35)(H,30,31,33)/t26-/m1/s1. The molecule has 2 aromatic carbocycles. The molecule has 4 rings (SSSR count). The van der Waals surface area contributed by atoms with E-state index in [1.54, 1.807) is 37.3 Å². The van der Waals surface area contributed by atoms with Crippen molar-refractivity contribution in [3.63, 3.8) is 0 Å². The molecule has 1 heterocycles. The maximum absolute atomic E-state index is 13.7. The van der Waals surface area contributed by atoms with Gasteiger partial charge in [-0.2, -0.15) is 0 Å². The molecule has 8 nitrogen and oxygen atoms in total. The number of halogens is 1. The second-order valence-electron chi connectivity index (χ2n) is 8.91. The Morgan fingerprint density at radius 1 is 1.06 bits per heavy atom. The van der Waals surface area contributed by atoms with E-state index in [-0.39, 0.29) is 30.6 Å². The van der Waals surface area contributed by atoms with Crippen molar-refractivity contribution in [2.75, 3.05) is 10.2 Å². The first-order valence-corrected chi connectivity index (χ1v) is 12.1. The summed E-state index contributed by atoms with van der Waals surface area (Å²) in [5.74, 6) is -0.779. The van der Waals surface area contributed by atoms with E-state index in [1.165, 1.54) is 29.2 Å². The predicted octanol–water partition coefficient (Wildman–Crippen LogP) is 4.67. The highest BCUT2D eigenvalue weighted by molar-refractivity contribution is 6.03. The van der Waals surface area contributed by atoms with Gasteiger partial charge >= 0.3 is 0 Å². The Hall–Kier alpha value is -4.01. The summed E-state index contributed by atoms with van der Waals surface area (Å²) in [5, 5.41) is 9.40. The van der Waals surface area contributed by atoms with Gasteiger partial charge in [0.25, 0.3) is 0 Å². The summed E-state index contributed by atoms with van der Waals surface area (Å²) < 4.78 is 18.7. The van der Waals surface area contributed by atoms with Gasteiger partial charge in [-0.15, -0.1) is 0 Å². The van der Waals surface area contributed by atoms with E-state index in [0.717, 1.165) is 25.7 Å². The summed E-state index contributed by atoms with van der Waals surface area (Å²) in [6.07, 6.45) is 3.56. The molecule has 2 N–H and O–H groups in total. The zero-order valence-electron chi connectivity index (χ0n) is 20.1. The fourth-order valence-corrected chi connectivity index (χ4v) is 4.41. The molecule has 1 aliphatic carbocycles. The largest absolute Gasteiger partial charge is 0.360 e. The number of anilines is 2. The number of hydrogen-bond acceptors (Lipinski definition) is 5. The number of rotatable bonds is 9. The molecule has 3 amide bonds. The summed E-state index contributed by atoms with van der Waals surface area (Å²) in [6, 6.07) is 15.0. The molecule has 0 saturated heterocycles. The number of aryl methyl sites for hydroxylation is 1. The molecule has 1 fully saturated rings. The molecule has 9 heteroatoms. The summed E-state index contributed by atoms with van der Waals surface area (Å²) >= 11 is 0. The highest BCUT2D eigenvalue weighted by Crippen LogP contribution is 2.30. The van der Waals surface area contributed by atoms with Crippen molar-refractivity contribution in [2.24, 2.45) is 0 Å². The summed E-state index contributed by atoms with van der Waals surface area (Å²) in [5.41, 5.74) is 0.984. The third-order valence-corrected chi connectivity index (χ3v) is 6.16. The maximum atomic E-state index is 13.7. The van der Waals surface area contributed by atoms with Crippen molar-refractivity contribution in [1.82, 2.24) is 10.5 Å². The van der Waals surface area contributed by atoms with Crippen molar-refractivity contribution in [3.05, 3.63) is 77.8 Å². The Bertz CT molecular complexity index is 1190. The number of nitrogens with one attached hydrogen (secondary N) is 2. The van der Waals surface area contributed by atoms with Crippen LogP contribution in [0.25, 0.3) is 0 Å². The van der Waals surface area contributed by atoms with Gasteiger partial charge in [0, 0.05) is 30.6 Å². The van der Waals surface area contributed by atoms with E-state index >= 15 is 0 Å². The zero-order chi connectivity index (χ0) is 25.5. The highest BCUT2D eigenvalue weighted by Gasteiger charge is 2.34. The van der Waals surface area contributed by atoms with Gasteiger partial charge in [0.2, 0.25) is 17.7 Å². The first kappa shape index (κ1) is 25.1. The molecule has 0 aliphatic heterocycles. The summed E-state index contributed by atoms with van der Waals surface area (Å²) in [6.45, 7) is 1.70. The lowest BCUT2D eigenvalue weighted by Crippen LogP contribution is -2.46. The minimum atomic E-state index is -1.03. The molecular formula is C27H29FN4O4. The Kier molecular flexibility index (Phi) is 8.10. The zero-order valence-corrected chi connectivity index (χ0v) is 20.1. The summed E-state index contributed by atoms with van der Waals surface area (Å²) in [4.78, 5) is 41.0. The van der Waals surface area contributed by atoms with Gasteiger partial charge in [-0.25, -0.2) is 4.39 Å². The molecule has 0 bridgehead atoms. The third-order valence-electron chi connectivity index (χ3n) is 6.16. The number of nitrogens with zero attached hydrogens (tertiary/aromatic N) is 2. The van der Waals surface area contributed by atoms with Crippen LogP contribution in [0.5, 0.6) is 0 Å². The van der Waals surface area contributed by atoms with Crippen molar-refractivity contribution in [2.45, 2.75) is 57.5 Å². The lowest BCUT2D eigenvalue weighted by Gasteiger charge is -2.32. The average molecular weight is 493 g/mol. The van der Waals surface area contributed by atoms with Crippen LogP contribution in [-0.2, 0) is 14.4 Å². The molecule has 36 heavy (non-hydrogen) atoms. The van der Waals surface area contributed by atoms with E-state index < -0.39 is 23.7 Å². The molecule has 188 valence electrons. The van der Waals surface area contributed by atoms with Crippen molar-refractivity contribution >= 4 is 29.2 Å². The maximum Gasteiger partial charge on any atom is 0.248 e. The topological polar surface area (TPSA) is 105 Å². The van der Waals surface area contributed by atoms with Crippen molar-refractivity contribution in [1.29, 1.82) is 0 Å². The van der Waals surface area contributed by atoms with Crippen LogP contribution < -0.4 is 15.5 Å². The van der Waals surface area contributed by atoms with E-state index in [4.69, 9.17) is 4.52 Å². The fraction of sp³-hybridized carbons (Fsp3) is 0.333. The van der Waals surface area contributed by atoms with Crippen LogP contribution in [0.1, 0.15) is 55.9 Å². The van der Waals surface area contributed by atoms with E-state index in [2.05, 4.69) is 15.8 Å². The Labute approximate surface area is 208 Å². The van der Waals surface area contributed by atoms with Gasteiger partial charge < -0.3 is 15.2 Å². The molecule has 0 unspecified atom stereocenters. The first-order chi connectivity index (χ1) is 17.4. The Balaban J connectivity index is 1.59. The molecule has 1 aliphatic rings. The lowest BCUT2D eigenvalue weighted by atomic mass is 10.0. The predicted molar refractivity (Wildman–Crippen MR) is 133 cm³/mol. The van der Waals surface area contributed by atoms with Gasteiger partial charge in [-0.1, -0.05) is 48.3 Å². The second-order valence-corrected chi connectivity index (χ2v) is 8.91. The van der Waals surface area contributed by atoms with Gasteiger partial charge in [0.1, 0.15) is 17.6 Å². The van der Waals surface area contributed by atoms with E-state index in [9.17, 15) is 18.8 Å². The molecule has 1 atom stereocenters. The average Bonchev–Trinajstić information content (AvgIpc) is 3.53. The van der Waals surface area contributed by atoms with Crippen molar-refractivity contribution in [3.8, 4) is 0 Å². The van der Waals surface area contributed by atoms with E-state index in [0.29, 0.717) is 17.0 Å². The second kappa shape index (κ2) is 11.6. The number of benzene rings is 2. The fourth-order valence-electron chi connectivity index (χ4n) is 4.41. The Morgan fingerprint density at radius 2 is 1.75 bits per heavy atom. The van der Waals surface area contributed by atoms with Gasteiger partial charge in [0.05, 0.1) is 0 Å². The highest BCUT2D eigenvalue weighted by atomic mass is 19.1. The third kappa shape index (κ3) is 6.35. The van der Waals surface area contributed by atoms with Crippen molar-refractivity contribution < 1.29 is 23.3 Å². The molecular weight excluding hydrogens is 463 g/mol. The summed E-state index contributed by atoms with van der Waals surface area (Å²) in [7, 11) is 0. The number of hydrogen-bond donors (Lipinski definition) is 2. The monoisotopic (exact) mass is 492 g/mol. The molecule has 1 saturated carbocycles. The van der Waals surface area contributed by atoms with Crippen LogP contribution >= 0.6 is 0 Å². The molecule has 0 radical (unpaired) electrons. The van der Waals surface area contributed by atoms with Gasteiger partial charge in [0.15, 0.2) is 5.82 Å².